The van der Waals surface area contributed by atoms with Crippen LogP contribution in [0.1, 0.15) is 15.9 Å². The standard InChI is InChI=1S/C10H9F3O2S/c1-15-9(14)6-3-4-7(10(11,12)13)8(5-6)16-2/h3-5H,1-2H3. The Morgan fingerprint density at radius 1 is 1.38 bits per heavy atom. The Labute approximate surface area is 94.8 Å². The summed E-state index contributed by atoms with van der Waals surface area (Å²) in [5, 5.41) is 0. The molecule has 0 atom stereocenters. The van der Waals surface area contributed by atoms with E-state index < -0.39 is 17.7 Å². The van der Waals surface area contributed by atoms with Gasteiger partial charge in [0.25, 0.3) is 0 Å². The number of hydrogen-bond donors (Lipinski definition) is 0. The molecular formula is C10H9F3O2S. The first kappa shape index (κ1) is 12.9. The molecule has 0 spiro atoms. The van der Waals surface area contributed by atoms with Gasteiger partial charge in [-0.1, -0.05) is 0 Å². The van der Waals surface area contributed by atoms with Crippen molar-refractivity contribution in [1.29, 1.82) is 0 Å². The zero-order chi connectivity index (χ0) is 12.3. The molecule has 16 heavy (non-hydrogen) atoms. The minimum absolute atomic E-state index is 0.00963. The lowest BCUT2D eigenvalue weighted by molar-refractivity contribution is -0.139. The van der Waals surface area contributed by atoms with Crippen LogP contribution >= 0.6 is 11.8 Å². The molecule has 0 bridgehead atoms. The number of carbonyl (C=O) groups is 1. The van der Waals surface area contributed by atoms with Gasteiger partial charge in [0.05, 0.1) is 18.2 Å². The highest BCUT2D eigenvalue weighted by molar-refractivity contribution is 7.98. The van der Waals surface area contributed by atoms with E-state index in [1.807, 2.05) is 0 Å². The molecule has 0 N–H and O–H groups in total. The Balaban J connectivity index is 3.22. The minimum Gasteiger partial charge on any atom is -0.465 e. The molecule has 2 nitrogen and oxygen atoms in total. The second-order valence-electron chi connectivity index (χ2n) is 2.90. The summed E-state index contributed by atoms with van der Waals surface area (Å²) in [6.07, 6.45) is -2.89. The highest BCUT2D eigenvalue weighted by atomic mass is 32.2. The monoisotopic (exact) mass is 250 g/mol. The maximum Gasteiger partial charge on any atom is 0.417 e. The van der Waals surface area contributed by atoms with Crippen LogP contribution in [0.25, 0.3) is 0 Å². The van der Waals surface area contributed by atoms with Gasteiger partial charge in [-0.3, -0.25) is 0 Å². The van der Waals surface area contributed by atoms with Crippen molar-refractivity contribution in [1.82, 2.24) is 0 Å². The normalized spacial score (nSPS) is 11.3. The molecule has 1 aromatic rings. The summed E-state index contributed by atoms with van der Waals surface area (Å²) in [6.45, 7) is 0. The van der Waals surface area contributed by atoms with Gasteiger partial charge in [-0.25, -0.2) is 4.79 Å². The zero-order valence-corrected chi connectivity index (χ0v) is 9.41. The fourth-order valence-electron chi connectivity index (χ4n) is 1.17. The summed E-state index contributed by atoms with van der Waals surface area (Å²) in [5.41, 5.74) is -0.632. The highest BCUT2D eigenvalue weighted by Crippen LogP contribution is 2.36. The molecular weight excluding hydrogens is 241 g/mol. The summed E-state index contributed by atoms with van der Waals surface area (Å²) in [5.74, 6) is -0.649. The first-order valence-corrected chi connectivity index (χ1v) is 5.46. The number of methoxy groups -OCH3 is 1. The topological polar surface area (TPSA) is 26.3 Å². The van der Waals surface area contributed by atoms with Crippen LogP contribution in [0.2, 0.25) is 0 Å². The molecule has 1 rings (SSSR count). The van der Waals surface area contributed by atoms with Crippen LogP contribution in [0.15, 0.2) is 23.1 Å². The van der Waals surface area contributed by atoms with E-state index in [9.17, 15) is 18.0 Å². The number of thioether (sulfide) groups is 1. The average molecular weight is 250 g/mol. The molecule has 88 valence electrons. The van der Waals surface area contributed by atoms with E-state index in [0.29, 0.717) is 0 Å². The molecule has 1 aromatic carbocycles. The molecule has 6 heteroatoms. The van der Waals surface area contributed by atoms with Crippen molar-refractivity contribution in [2.75, 3.05) is 13.4 Å². The summed E-state index contributed by atoms with van der Waals surface area (Å²) in [6, 6.07) is 3.17. The number of esters is 1. The lowest BCUT2D eigenvalue weighted by Gasteiger charge is -2.11. The van der Waals surface area contributed by atoms with E-state index in [-0.39, 0.29) is 10.5 Å². The van der Waals surface area contributed by atoms with Gasteiger partial charge in [0.15, 0.2) is 0 Å². The smallest absolute Gasteiger partial charge is 0.417 e. The van der Waals surface area contributed by atoms with Gasteiger partial charge in [0.2, 0.25) is 0 Å². The molecule has 0 amide bonds. The van der Waals surface area contributed by atoms with Gasteiger partial charge in [-0.05, 0) is 24.5 Å². The van der Waals surface area contributed by atoms with E-state index >= 15 is 0 Å². The van der Waals surface area contributed by atoms with Crippen LogP contribution in [-0.2, 0) is 10.9 Å². The van der Waals surface area contributed by atoms with Crippen molar-refractivity contribution in [2.24, 2.45) is 0 Å². The van der Waals surface area contributed by atoms with Crippen molar-refractivity contribution in [3.05, 3.63) is 29.3 Å². The van der Waals surface area contributed by atoms with E-state index in [1.54, 1.807) is 0 Å². The number of carbonyl (C=O) groups excluding carboxylic acids is 1. The molecule has 0 fully saturated rings. The largest absolute Gasteiger partial charge is 0.465 e. The predicted octanol–water partition coefficient (Wildman–Crippen LogP) is 3.21. The third-order valence-electron chi connectivity index (χ3n) is 1.93. The van der Waals surface area contributed by atoms with Crippen LogP contribution in [0, 0.1) is 0 Å². The summed E-state index contributed by atoms with van der Waals surface area (Å²) < 4.78 is 42.0. The third-order valence-corrected chi connectivity index (χ3v) is 2.71. The molecule has 0 aromatic heterocycles. The Morgan fingerprint density at radius 3 is 2.44 bits per heavy atom. The number of hydrogen-bond acceptors (Lipinski definition) is 3. The van der Waals surface area contributed by atoms with Crippen molar-refractivity contribution in [2.45, 2.75) is 11.1 Å². The van der Waals surface area contributed by atoms with Crippen LogP contribution in [0.4, 0.5) is 13.2 Å². The second-order valence-corrected chi connectivity index (χ2v) is 3.75. The van der Waals surface area contributed by atoms with E-state index in [1.165, 1.54) is 19.4 Å². The number of benzene rings is 1. The Kier molecular flexibility index (Phi) is 3.85. The highest BCUT2D eigenvalue weighted by Gasteiger charge is 2.33. The quantitative estimate of drug-likeness (QED) is 0.595. The molecule has 0 unspecified atom stereocenters. The maximum atomic E-state index is 12.5. The molecule has 0 aliphatic carbocycles. The first-order chi connectivity index (χ1) is 7.40. The van der Waals surface area contributed by atoms with Gasteiger partial charge < -0.3 is 4.74 Å². The SMILES string of the molecule is COC(=O)c1ccc(C(F)(F)F)c(SC)c1. The lowest BCUT2D eigenvalue weighted by atomic mass is 10.1. The Bertz CT molecular complexity index is 402. The molecule has 0 saturated heterocycles. The Hall–Kier alpha value is -1.17. The van der Waals surface area contributed by atoms with Crippen molar-refractivity contribution < 1.29 is 22.7 Å². The predicted molar refractivity (Wildman–Crippen MR) is 54.6 cm³/mol. The average Bonchev–Trinajstić information content (AvgIpc) is 2.25. The van der Waals surface area contributed by atoms with Crippen LogP contribution in [0.5, 0.6) is 0 Å². The second kappa shape index (κ2) is 4.78. The van der Waals surface area contributed by atoms with Crippen LogP contribution < -0.4 is 0 Å². The summed E-state index contributed by atoms with van der Waals surface area (Å²) in [4.78, 5) is 11.1. The number of rotatable bonds is 2. The fraction of sp³-hybridized carbons (Fsp3) is 0.300. The summed E-state index contributed by atoms with van der Waals surface area (Å²) in [7, 11) is 1.18. The van der Waals surface area contributed by atoms with Gasteiger partial charge in [-0.2, -0.15) is 13.2 Å². The minimum atomic E-state index is -4.41. The third kappa shape index (κ3) is 2.69. The fourth-order valence-corrected chi connectivity index (χ4v) is 1.82. The number of alkyl halides is 3. The molecule has 0 aliphatic heterocycles. The zero-order valence-electron chi connectivity index (χ0n) is 8.59. The van der Waals surface area contributed by atoms with E-state index in [4.69, 9.17) is 0 Å². The summed E-state index contributed by atoms with van der Waals surface area (Å²) >= 11 is 0.937. The maximum absolute atomic E-state index is 12.5. The van der Waals surface area contributed by atoms with E-state index in [0.717, 1.165) is 23.9 Å². The van der Waals surface area contributed by atoms with Crippen molar-refractivity contribution >= 4 is 17.7 Å². The van der Waals surface area contributed by atoms with Gasteiger partial charge in [0, 0.05) is 4.90 Å². The molecule has 0 aliphatic rings. The molecule has 0 radical (unpaired) electrons. The first-order valence-electron chi connectivity index (χ1n) is 4.23. The van der Waals surface area contributed by atoms with Crippen LogP contribution in [-0.4, -0.2) is 19.3 Å². The van der Waals surface area contributed by atoms with Crippen molar-refractivity contribution in [3.8, 4) is 0 Å². The molecule has 0 saturated carbocycles. The van der Waals surface area contributed by atoms with Gasteiger partial charge >= 0.3 is 12.1 Å². The van der Waals surface area contributed by atoms with Gasteiger partial charge in [0.1, 0.15) is 0 Å². The Morgan fingerprint density at radius 2 is 2.00 bits per heavy atom. The number of ether oxygens (including phenoxy) is 1. The van der Waals surface area contributed by atoms with Crippen LogP contribution in [0.3, 0.4) is 0 Å². The van der Waals surface area contributed by atoms with Gasteiger partial charge in [-0.15, -0.1) is 11.8 Å². The lowest BCUT2D eigenvalue weighted by Crippen LogP contribution is -2.09. The van der Waals surface area contributed by atoms with Crippen molar-refractivity contribution in [3.63, 3.8) is 0 Å². The van der Waals surface area contributed by atoms with E-state index in [2.05, 4.69) is 4.74 Å². The number of halogens is 3. The molecule has 0 heterocycles.